The summed E-state index contributed by atoms with van der Waals surface area (Å²) in [5.74, 6) is -0.577. The van der Waals surface area contributed by atoms with Crippen LogP contribution in [0.5, 0.6) is 23.0 Å². The van der Waals surface area contributed by atoms with E-state index >= 15 is 0 Å². The third-order valence-corrected chi connectivity index (χ3v) is 5.43. The second-order valence-corrected chi connectivity index (χ2v) is 7.98. The van der Waals surface area contributed by atoms with E-state index in [1.165, 1.54) is 38.6 Å². The first-order valence-electron chi connectivity index (χ1n) is 11.7. The summed E-state index contributed by atoms with van der Waals surface area (Å²) in [5.41, 5.74) is 3.77. The second-order valence-electron chi connectivity index (χ2n) is 7.98. The molecule has 0 aromatic heterocycles. The van der Waals surface area contributed by atoms with E-state index in [0.717, 1.165) is 0 Å². The Morgan fingerprint density at radius 2 is 1.26 bits per heavy atom. The predicted molar refractivity (Wildman–Crippen MR) is 144 cm³/mol. The normalized spacial score (nSPS) is 10.5. The number of rotatable bonds is 9. The molecule has 1 amide bonds. The summed E-state index contributed by atoms with van der Waals surface area (Å²) in [6.45, 7) is 0. The summed E-state index contributed by atoms with van der Waals surface area (Å²) in [7, 11) is 2.97. The molecule has 0 aliphatic carbocycles. The number of carbonyl (C=O) groups excluding carboxylic acids is 3. The average Bonchev–Trinajstić information content (AvgIpc) is 2.98. The van der Waals surface area contributed by atoms with Gasteiger partial charge in [-0.05, 0) is 54.6 Å². The predicted octanol–water partition coefficient (Wildman–Crippen LogP) is 4.91. The van der Waals surface area contributed by atoms with Crippen LogP contribution in [0.15, 0.2) is 102 Å². The van der Waals surface area contributed by atoms with Crippen molar-refractivity contribution in [2.75, 3.05) is 14.2 Å². The highest BCUT2D eigenvalue weighted by atomic mass is 16.5. The molecule has 0 saturated heterocycles. The second kappa shape index (κ2) is 12.7. The molecule has 4 aromatic carbocycles. The van der Waals surface area contributed by atoms with Gasteiger partial charge in [-0.1, -0.05) is 36.4 Å². The van der Waals surface area contributed by atoms with Gasteiger partial charge in [0.1, 0.15) is 11.5 Å². The van der Waals surface area contributed by atoms with E-state index in [9.17, 15) is 14.4 Å². The van der Waals surface area contributed by atoms with Crippen molar-refractivity contribution >= 4 is 24.1 Å². The molecule has 0 aliphatic rings. The average molecular weight is 525 g/mol. The highest BCUT2D eigenvalue weighted by molar-refractivity contribution is 5.97. The molecule has 1 N–H and O–H groups in total. The SMILES string of the molecule is COc1ccc(C(=O)N/N=C/c2ccc(OC(=O)c3ccccc3)cc2OC(=O)c2ccccc2)cc1OC. The van der Waals surface area contributed by atoms with Crippen LogP contribution in [-0.4, -0.2) is 38.3 Å². The van der Waals surface area contributed by atoms with Crippen molar-refractivity contribution in [2.45, 2.75) is 0 Å². The lowest BCUT2D eigenvalue weighted by Crippen LogP contribution is -2.18. The maximum Gasteiger partial charge on any atom is 0.343 e. The first kappa shape index (κ1) is 26.6. The Bertz CT molecular complexity index is 1500. The van der Waals surface area contributed by atoms with Crippen LogP contribution in [-0.2, 0) is 0 Å². The molecule has 4 aromatic rings. The number of esters is 2. The van der Waals surface area contributed by atoms with Gasteiger partial charge in [0, 0.05) is 17.2 Å². The fourth-order valence-electron chi connectivity index (χ4n) is 3.45. The highest BCUT2D eigenvalue weighted by Gasteiger charge is 2.15. The van der Waals surface area contributed by atoms with E-state index in [0.29, 0.717) is 33.8 Å². The number of nitrogens with zero attached hydrogens (tertiary/aromatic N) is 1. The number of hydrogen-bond donors (Lipinski definition) is 1. The molecule has 0 bridgehead atoms. The van der Waals surface area contributed by atoms with Crippen molar-refractivity contribution in [3.8, 4) is 23.0 Å². The molecule has 0 saturated carbocycles. The lowest BCUT2D eigenvalue weighted by atomic mass is 10.2. The number of carbonyl (C=O) groups is 3. The molecule has 0 fully saturated rings. The van der Waals surface area contributed by atoms with Crippen molar-refractivity contribution in [3.05, 3.63) is 119 Å². The summed E-state index contributed by atoms with van der Waals surface area (Å²) in [4.78, 5) is 37.8. The molecule has 9 heteroatoms. The Kier molecular flexibility index (Phi) is 8.66. The number of nitrogens with one attached hydrogen (secondary N) is 1. The quantitative estimate of drug-likeness (QED) is 0.143. The first-order chi connectivity index (χ1) is 19.0. The Hall–Kier alpha value is -5.44. The molecule has 0 atom stereocenters. The zero-order chi connectivity index (χ0) is 27.6. The van der Waals surface area contributed by atoms with Crippen LogP contribution < -0.4 is 24.4 Å². The van der Waals surface area contributed by atoms with Crippen LogP contribution in [0.25, 0.3) is 0 Å². The summed E-state index contributed by atoms with van der Waals surface area (Å²) in [6, 6.07) is 26.1. The van der Waals surface area contributed by atoms with Crippen molar-refractivity contribution in [1.29, 1.82) is 0 Å². The monoisotopic (exact) mass is 524 g/mol. The van der Waals surface area contributed by atoms with E-state index in [2.05, 4.69) is 10.5 Å². The third kappa shape index (κ3) is 6.86. The Balaban J connectivity index is 1.55. The van der Waals surface area contributed by atoms with E-state index in [-0.39, 0.29) is 11.5 Å². The molecule has 0 heterocycles. The molecule has 9 nitrogen and oxygen atoms in total. The lowest BCUT2D eigenvalue weighted by Gasteiger charge is -2.11. The van der Waals surface area contributed by atoms with Gasteiger partial charge >= 0.3 is 11.9 Å². The summed E-state index contributed by atoms with van der Waals surface area (Å²) < 4.78 is 21.5. The number of methoxy groups -OCH3 is 2. The van der Waals surface area contributed by atoms with Crippen molar-refractivity contribution in [2.24, 2.45) is 5.10 Å². The van der Waals surface area contributed by atoms with Crippen LogP contribution in [0, 0.1) is 0 Å². The summed E-state index contributed by atoms with van der Waals surface area (Å²) in [5, 5.41) is 4.00. The smallest absolute Gasteiger partial charge is 0.343 e. The molecule has 0 radical (unpaired) electrons. The van der Waals surface area contributed by atoms with Gasteiger partial charge in [-0.2, -0.15) is 5.10 Å². The van der Waals surface area contributed by atoms with E-state index in [4.69, 9.17) is 18.9 Å². The van der Waals surface area contributed by atoms with Gasteiger partial charge in [0.15, 0.2) is 11.5 Å². The van der Waals surface area contributed by atoms with Gasteiger partial charge in [-0.3, -0.25) is 4.79 Å². The molecule has 0 aliphatic heterocycles. The third-order valence-electron chi connectivity index (χ3n) is 5.43. The van der Waals surface area contributed by atoms with E-state index in [1.807, 2.05) is 0 Å². The number of hydrogen-bond acceptors (Lipinski definition) is 8. The molecule has 4 rings (SSSR count). The number of ether oxygens (including phenoxy) is 4. The molecular weight excluding hydrogens is 500 g/mol. The number of amides is 1. The van der Waals surface area contributed by atoms with Crippen LogP contribution in [0.4, 0.5) is 0 Å². The van der Waals surface area contributed by atoms with Gasteiger partial charge in [0.2, 0.25) is 0 Å². The maximum atomic E-state index is 12.7. The van der Waals surface area contributed by atoms with Crippen LogP contribution in [0.3, 0.4) is 0 Å². The van der Waals surface area contributed by atoms with Gasteiger partial charge in [-0.25, -0.2) is 15.0 Å². The standard InChI is InChI=1S/C30H24N2O7/c1-36-25-16-14-22(17-27(25)37-2)28(33)32-31-19-23-13-15-24(38-29(34)20-9-5-3-6-10-20)18-26(23)39-30(35)21-11-7-4-8-12-21/h3-19H,1-2H3,(H,32,33)/b31-19+. The molecular formula is C30H24N2O7. The molecule has 0 unspecified atom stereocenters. The Morgan fingerprint density at radius 1 is 0.641 bits per heavy atom. The zero-order valence-corrected chi connectivity index (χ0v) is 21.1. The fourth-order valence-corrected chi connectivity index (χ4v) is 3.45. The molecule has 196 valence electrons. The maximum absolute atomic E-state index is 12.7. The number of benzene rings is 4. The topological polar surface area (TPSA) is 113 Å². The highest BCUT2D eigenvalue weighted by Crippen LogP contribution is 2.28. The number of hydrazone groups is 1. The minimum atomic E-state index is -0.619. The van der Waals surface area contributed by atoms with E-state index in [1.54, 1.807) is 78.9 Å². The van der Waals surface area contributed by atoms with Crippen LogP contribution >= 0.6 is 0 Å². The largest absolute Gasteiger partial charge is 0.493 e. The van der Waals surface area contributed by atoms with Crippen LogP contribution in [0.1, 0.15) is 36.6 Å². The van der Waals surface area contributed by atoms with Gasteiger partial charge < -0.3 is 18.9 Å². The Labute approximate surface area is 224 Å². The minimum absolute atomic E-state index is 0.0753. The Morgan fingerprint density at radius 3 is 1.87 bits per heavy atom. The minimum Gasteiger partial charge on any atom is -0.493 e. The van der Waals surface area contributed by atoms with Gasteiger partial charge in [0.05, 0.1) is 31.6 Å². The fraction of sp³-hybridized carbons (Fsp3) is 0.0667. The first-order valence-corrected chi connectivity index (χ1v) is 11.7. The molecule has 0 spiro atoms. The zero-order valence-electron chi connectivity index (χ0n) is 21.1. The summed E-state index contributed by atoms with van der Waals surface area (Å²) in [6.07, 6.45) is 1.31. The van der Waals surface area contributed by atoms with Crippen molar-refractivity contribution in [3.63, 3.8) is 0 Å². The van der Waals surface area contributed by atoms with Crippen molar-refractivity contribution in [1.82, 2.24) is 5.43 Å². The van der Waals surface area contributed by atoms with Crippen LogP contribution in [0.2, 0.25) is 0 Å². The van der Waals surface area contributed by atoms with Crippen molar-refractivity contribution < 1.29 is 33.3 Å². The lowest BCUT2D eigenvalue weighted by molar-refractivity contribution is 0.0732. The summed E-state index contributed by atoms with van der Waals surface area (Å²) >= 11 is 0. The van der Waals surface area contributed by atoms with Gasteiger partial charge in [-0.15, -0.1) is 0 Å². The van der Waals surface area contributed by atoms with Gasteiger partial charge in [0.25, 0.3) is 5.91 Å². The molecule has 39 heavy (non-hydrogen) atoms. The van der Waals surface area contributed by atoms with E-state index < -0.39 is 17.8 Å².